The molecule has 5 heteroatoms. The number of hydrogen-bond acceptors (Lipinski definition) is 4. The fraction of sp³-hybridized carbons (Fsp3) is 0.933. The van der Waals surface area contributed by atoms with Gasteiger partial charge in [0.1, 0.15) is 0 Å². The summed E-state index contributed by atoms with van der Waals surface area (Å²) in [4.78, 5) is 11.2. The molecule has 0 bridgehead atoms. The van der Waals surface area contributed by atoms with Gasteiger partial charge < -0.3 is 20.5 Å². The summed E-state index contributed by atoms with van der Waals surface area (Å²) in [7, 11) is 0. The van der Waals surface area contributed by atoms with Crippen LogP contribution in [-0.2, 0) is 14.3 Å². The molecule has 1 amide bonds. The summed E-state index contributed by atoms with van der Waals surface area (Å²) in [6.07, 6.45) is 2.13. The van der Waals surface area contributed by atoms with E-state index in [9.17, 15) is 4.79 Å². The lowest BCUT2D eigenvalue weighted by atomic mass is 10.0. The van der Waals surface area contributed by atoms with Crippen molar-refractivity contribution in [1.82, 2.24) is 5.32 Å². The third-order valence-corrected chi connectivity index (χ3v) is 3.18. The van der Waals surface area contributed by atoms with Crippen molar-refractivity contribution < 1.29 is 14.3 Å². The number of nitrogens with two attached hydrogens (primary N) is 1. The average molecular weight is 288 g/mol. The standard InChI is InChI=1S/C15H32N2O3/c1-6-13(18)17-10-7-14(2,3)19-11-8-15(4,5)20-12-9-16/h6-12,16H2,1-5H3,(H,17,18). The third kappa shape index (κ3) is 10.2. The Kier molecular flexibility index (Phi) is 9.01. The highest BCUT2D eigenvalue weighted by Crippen LogP contribution is 2.19. The van der Waals surface area contributed by atoms with Crippen molar-refractivity contribution in [2.75, 3.05) is 26.3 Å². The predicted molar refractivity (Wildman–Crippen MR) is 81.7 cm³/mol. The first kappa shape index (κ1) is 19.4. The molecule has 0 aliphatic rings. The smallest absolute Gasteiger partial charge is 0.219 e. The fourth-order valence-corrected chi connectivity index (χ4v) is 1.68. The van der Waals surface area contributed by atoms with Crippen LogP contribution in [0, 0.1) is 0 Å². The SMILES string of the molecule is CCC(=O)NCCC(C)(C)OCCC(C)(C)OCCN. The van der Waals surface area contributed by atoms with Gasteiger partial charge in [-0.2, -0.15) is 0 Å². The Balaban J connectivity index is 3.88. The Morgan fingerprint density at radius 2 is 1.60 bits per heavy atom. The zero-order chi connectivity index (χ0) is 15.6. The van der Waals surface area contributed by atoms with Gasteiger partial charge in [-0.15, -0.1) is 0 Å². The molecule has 0 radical (unpaired) electrons. The highest BCUT2D eigenvalue weighted by Gasteiger charge is 2.22. The van der Waals surface area contributed by atoms with Gasteiger partial charge in [-0.1, -0.05) is 6.92 Å². The Morgan fingerprint density at radius 1 is 1.05 bits per heavy atom. The number of carbonyl (C=O) groups is 1. The van der Waals surface area contributed by atoms with Gasteiger partial charge in [-0.25, -0.2) is 0 Å². The van der Waals surface area contributed by atoms with Gasteiger partial charge in [0.05, 0.1) is 24.4 Å². The quantitative estimate of drug-likeness (QED) is 0.608. The lowest BCUT2D eigenvalue weighted by Gasteiger charge is -2.29. The van der Waals surface area contributed by atoms with Crippen molar-refractivity contribution in [2.45, 2.75) is 65.1 Å². The van der Waals surface area contributed by atoms with E-state index in [4.69, 9.17) is 15.2 Å². The van der Waals surface area contributed by atoms with E-state index in [0.29, 0.717) is 32.7 Å². The lowest BCUT2D eigenvalue weighted by molar-refractivity contribution is -0.121. The van der Waals surface area contributed by atoms with E-state index in [2.05, 4.69) is 5.32 Å². The minimum absolute atomic E-state index is 0.0807. The van der Waals surface area contributed by atoms with Crippen LogP contribution in [0.5, 0.6) is 0 Å². The molecule has 0 heterocycles. The normalized spacial score (nSPS) is 12.5. The van der Waals surface area contributed by atoms with Crippen LogP contribution in [0.25, 0.3) is 0 Å². The Hall–Kier alpha value is -0.650. The maximum atomic E-state index is 11.2. The second kappa shape index (κ2) is 9.32. The maximum absolute atomic E-state index is 11.2. The largest absolute Gasteiger partial charge is 0.375 e. The molecular weight excluding hydrogens is 256 g/mol. The molecule has 0 spiro atoms. The van der Waals surface area contributed by atoms with Gasteiger partial charge in [0, 0.05) is 19.5 Å². The third-order valence-electron chi connectivity index (χ3n) is 3.18. The maximum Gasteiger partial charge on any atom is 0.219 e. The van der Waals surface area contributed by atoms with Gasteiger partial charge >= 0.3 is 0 Å². The van der Waals surface area contributed by atoms with E-state index in [-0.39, 0.29) is 17.1 Å². The zero-order valence-corrected chi connectivity index (χ0v) is 13.8. The van der Waals surface area contributed by atoms with Crippen LogP contribution < -0.4 is 11.1 Å². The van der Waals surface area contributed by atoms with E-state index in [0.717, 1.165) is 12.8 Å². The second-order valence-electron chi connectivity index (χ2n) is 6.21. The molecule has 0 aliphatic carbocycles. The minimum atomic E-state index is -0.245. The van der Waals surface area contributed by atoms with Crippen LogP contribution in [0.1, 0.15) is 53.9 Å². The number of amides is 1. The fourth-order valence-electron chi connectivity index (χ4n) is 1.68. The van der Waals surface area contributed by atoms with Crippen molar-refractivity contribution in [3.63, 3.8) is 0 Å². The first-order valence-corrected chi connectivity index (χ1v) is 7.47. The molecular formula is C15H32N2O3. The van der Waals surface area contributed by atoms with Crippen molar-refractivity contribution >= 4 is 5.91 Å². The first-order chi connectivity index (χ1) is 9.22. The molecule has 0 rings (SSSR count). The summed E-state index contributed by atoms with van der Waals surface area (Å²) >= 11 is 0. The van der Waals surface area contributed by atoms with E-state index >= 15 is 0 Å². The van der Waals surface area contributed by atoms with Crippen molar-refractivity contribution in [2.24, 2.45) is 5.73 Å². The minimum Gasteiger partial charge on any atom is -0.375 e. The van der Waals surface area contributed by atoms with Gasteiger partial charge in [0.25, 0.3) is 0 Å². The van der Waals surface area contributed by atoms with Crippen LogP contribution in [0.15, 0.2) is 0 Å². The molecule has 0 aromatic heterocycles. The average Bonchev–Trinajstić information content (AvgIpc) is 2.35. The molecule has 5 nitrogen and oxygen atoms in total. The summed E-state index contributed by atoms with van der Waals surface area (Å²) < 4.78 is 11.6. The molecule has 0 fully saturated rings. The highest BCUT2D eigenvalue weighted by atomic mass is 16.5. The molecule has 0 aromatic carbocycles. The monoisotopic (exact) mass is 288 g/mol. The molecule has 0 aliphatic heterocycles. The van der Waals surface area contributed by atoms with Crippen LogP contribution in [0.4, 0.5) is 0 Å². The summed E-state index contributed by atoms with van der Waals surface area (Å²) in [5.74, 6) is 0.0807. The zero-order valence-electron chi connectivity index (χ0n) is 13.8. The number of ether oxygens (including phenoxy) is 2. The first-order valence-electron chi connectivity index (χ1n) is 7.47. The van der Waals surface area contributed by atoms with E-state index in [1.165, 1.54) is 0 Å². The van der Waals surface area contributed by atoms with Crippen LogP contribution >= 0.6 is 0 Å². The molecule has 0 unspecified atom stereocenters. The van der Waals surface area contributed by atoms with Crippen LogP contribution in [0.3, 0.4) is 0 Å². The molecule has 0 atom stereocenters. The van der Waals surface area contributed by atoms with Crippen molar-refractivity contribution in [3.05, 3.63) is 0 Å². The van der Waals surface area contributed by atoms with Gasteiger partial charge in [-0.3, -0.25) is 4.79 Å². The van der Waals surface area contributed by atoms with Crippen LogP contribution in [-0.4, -0.2) is 43.4 Å². The number of nitrogens with one attached hydrogen (secondary N) is 1. The molecule has 0 saturated heterocycles. The van der Waals surface area contributed by atoms with E-state index in [1.54, 1.807) is 0 Å². The highest BCUT2D eigenvalue weighted by molar-refractivity contribution is 5.75. The molecule has 0 saturated carbocycles. The predicted octanol–water partition coefficient (Wildman–Crippen LogP) is 1.84. The van der Waals surface area contributed by atoms with Crippen molar-refractivity contribution in [1.29, 1.82) is 0 Å². The summed E-state index contributed by atoms with van der Waals surface area (Å²) in [5.41, 5.74) is 4.97. The Morgan fingerprint density at radius 3 is 2.15 bits per heavy atom. The van der Waals surface area contributed by atoms with E-state index < -0.39 is 0 Å². The Labute approximate surface area is 123 Å². The Bertz CT molecular complexity index is 278. The van der Waals surface area contributed by atoms with Gasteiger partial charge in [0.2, 0.25) is 5.91 Å². The summed E-state index contributed by atoms with van der Waals surface area (Å²) in [5, 5.41) is 2.87. The lowest BCUT2D eigenvalue weighted by Crippen LogP contribution is -2.35. The number of hydrogen-bond donors (Lipinski definition) is 2. The molecule has 3 N–H and O–H groups in total. The summed E-state index contributed by atoms with van der Waals surface area (Å²) in [6, 6.07) is 0. The van der Waals surface area contributed by atoms with Gasteiger partial charge in [0.15, 0.2) is 0 Å². The van der Waals surface area contributed by atoms with E-state index in [1.807, 2.05) is 34.6 Å². The second-order valence-corrected chi connectivity index (χ2v) is 6.21. The number of rotatable bonds is 11. The molecule has 120 valence electrons. The van der Waals surface area contributed by atoms with Crippen molar-refractivity contribution in [3.8, 4) is 0 Å². The summed E-state index contributed by atoms with van der Waals surface area (Å²) in [6.45, 7) is 12.4. The van der Waals surface area contributed by atoms with Gasteiger partial charge in [-0.05, 0) is 40.5 Å². The van der Waals surface area contributed by atoms with Crippen LogP contribution in [0.2, 0.25) is 0 Å². The number of carbonyl (C=O) groups excluding carboxylic acids is 1. The molecule has 20 heavy (non-hydrogen) atoms. The topological polar surface area (TPSA) is 73.6 Å². The molecule has 0 aromatic rings.